The minimum atomic E-state index is -3.51. The van der Waals surface area contributed by atoms with Gasteiger partial charge in [-0.05, 0) is 55.0 Å². The monoisotopic (exact) mass is 427 g/mol. The highest BCUT2D eigenvalue weighted by atomic mass is 32.2. The van der Waals surface area contributed by atoms with Crippen molar-refractivity contribution in [3.05, 3.63) is 52.7 Å². The molecule has 1 atom stereocenters. The van der Waals surface area contributed by atoms with Crippen LogP contribution >= 0.6 is 11.3 Å². The van der Waals surface area contributed by atoms with Gasteiger partial charge < -0.3 is 15.7 Å². The third kappa shape index (κ3) is 6.88. The van der Waals surface area contributed by atoms with Crippen LogP contribution in [0.15, 0.2) is 44.9 Å². The average molecular weight is 428 g/mol. The smallest absolute Gasteiger partial charge is 0.191 e. The molecule has 0 saturated carbocycles. The van der Waals surface area contributed by atoms with Crippen LogP contribution in [-0.2, 0) is 16.3 Å². The summed E-state index contributed by atoms with van der Waals surface area (Å²) < 4.78 is 37.8. The molecule has 28 heavy (non-hydrogen) atoms. The van der Waals surface area contributed by atoms with Gasteiger partial charge in [0.25, 0.3) is 0 Å². The van der Waals surface area contributed by atoms with Crippen LogP contribution in [0.3, 0.4) is 0 Å². The molecule has 0 aliphatic rings. The quantitative estimate of drug-likeness (QED) is 0.421. The number of nitrogens with one attached hydrogen (secondary N) is 2. The summed E-state index contributed by atoms with van der Waals surface area (Å²) in [6.45, 7) is 4.95. The number of aliphatic hydroxyl groups excluding tert-OH is 1. The van der Waals surface area contributed by atoms with Crippen LogP contribution in [0.2, 0.25) is 0 Å². The van der Waals surface area contributed by atoms with E-state index in [0.29, 0.717) is 25.5 Å². The fraction of sp³-hybridized carbons (Fsp3) is 0.421. The first kappa shape index (κ1) is 22.3. The van der Waals surface area contributed by atoms with Crippen LogP contribution in [0.25, 0.3) is 0 Å². The van der Waals surface area contributed by atoms with Crippen LogP contribution < -0.4 is 10.6 Å². The number of guanidine groups is 1. The summed E-state index contributed by atoms with van der Waals surface area (Å²) in [5.74, 6) is -0.129. The summed E-state index contributed by atoms with van der Waals surface area (Å²) in [6, 6.07) is 7.89. The zero-order valence-electron chi connectivity index (χ0n) is 16.0. The number of aryl methyl sites for hydroxylation is 1. The molecule has 0 saturated heterocycles. The number of hydrogen-bond acceptors (Lipinski definition) is 5. The maximum absolute atomic E-state index is 13.2. The fourth-order valence-electron chi connectivity index (χ4n) is 2.62. The summed E-state index contributed by atoms with van der Waals surface area (Å²) in [7, 11) is -3.51. The summed E-state index contributed by atoms with van der Waals surface area (Å²) in [6.07, 6.45) is -0.409. The molecule has 1 unspecified atom stereocenters. The number of rotatable bonds is 9. The molecule has 0 radical (unpaired) electrons. The number of aliphatic hydroxyl groups is 1. The summed E-state index contributed by atoms with van der Waals surface area (Å²) in [5, 5.41) is 18.0. The van der Waals surface area contributed by atoms with Crippen molar-refractivity contribution >= 4 is 27.1 Å². The first-order valence-electron chi connectivity index (χ1n) is 9.03. The maximum Gasteiger partial charge on any atom is 0.191 e. The topological polar surface area (TPSA) is 90.8 Å². The number of benzene rings is 1. The van der Waals surface area contributed by atoms with E-state index in [1.807, 2.05) is 13.8 Å². The Balaban J connectivity index is 1.88. The van der Waals surface area contributed by atoms with Gasteiger partial charge in [-0.2, -0.15) is 0 Å². The van der Waals surface area contributed by atoms with Crippen LogP contribution in [0.1, 0.15) is 18.1 Å². The SMILES string of the molecule is CCNC(=NCC(O)CS(=O)(=O)c1cccs1)NCCc1ccc(F)cc1C. The van der Waals surface area contributed by atoms with Gasteiger partial charge in [-0.1, -0.05) is 12.1 Å². The Morgan fingerprint density at radius 1 is 1.32 bits per heavy atom. The van der Waals surface area contributed by atoms with E-state index >= 15 is 0 Å². The Labute approximate surface area is 169 Å². The van der Waals surface area contributed by atoms with Crippen molar-refractivity contribution in [2.75, 3.05) is 25.4 Å². The second-order valence-electron chi connectivity index (χ2n) is 6.33. The Hall–Kier alpha value is -1.97. The highest BCUT2D eigenvalue weighted by Crippen LogP contribution is 2.18. The Morgan fingerprint density at radius 3 is 2.75 bits per heavy atom. The van der Waals surface area contributed by atoms with Crippen molar-refractivity contribution in [1.82, 2.24) is 10.6 Å². The lowest BCUT2D eigenvalue weighted by Crippen LogP contribution is -2.39. The molecule has 0 aliphatic carbocycles. The lowest BCUT2D eigenvalue weighted by atomic mass is 10.1. The zero-order valence-corrected chi connectivity index (χ0v) is 17.6. The number of halogens is 1. The van der Waals surface area contributed by atoms with Gasteiger partial charge in [0.05, 0.1) is 18.4 Å². The molecular weight excluding hydrogens is 401 g/mol. The molecule has 0 bridgehead atoms. The molecule has 3 N–H and O–H groups in total. The van der Waals surface area contributed by atoms with Crippen LogP contribution in [-0.4, -0.2) is 51.0 Å². The molecule has 1 aromatic heterocycles. The Bertz CT molecular complexity index is 884. The molecule has 0 fully saturated rings. The van der Waals surface area contributed by atoms with Gasteiger partial charge in [0, 0.05) is 13.1 Å². The molecule has 0 amide bonds. The van der Waals surface area contributed by atoms with E-state index in [0.717, 1.165) is 22.5 Å². The third-order valence-electron chi connectivity index (χ3n) is 4.01. The number of thiophene rings is 1. The van der Waals surface area contributed by atoms with E-state index in [4.69, 9.17) is 0 Å². The van der Waals surface area contributed by atoms with Gasteiger partial charge in [0.1, 0.15) is 10.0 Å². The molecule has 9 heteroatoms. The van der Waals surface area contributed by atoms with Crippen molar-refractivity contribution in [3.63, 3.8) is 0 Å². The van der Waals surface area contributed by atoms with Gasteiger partial charge in [0.2, 0.25) is 0 Å². The molecule has 154 valence electrons. The maximum atomic E-state index is 13.2. The first-order chi connectivity index (χ1) is 13.3. The van der Waals surface area contributed by atoms with E-state index < -0.39 is 15.9 Å². The standard InChI is InChI=1S/C19H26FN3O3S2/c1-3-21-19(22-9-8-15-6-7-16(20)11-14(15)2)23-12-17(24)13-28(25,26)18-5-4-10-27-18/h4-7,10-11,17,24H,3,8-9,12-13H2,1-2H3,(H2,21,22,23). The fourth-order valence-corrected chi connectivity index (χ4v) is 5.09. The zero-order chi connectivity index (χ0) is 20.6. The van der Waals surface area contributed by atoms with E-state index in [1.165, 1.54) is 18.2 Å². The number of sulfone groups is 1. The van der Waals surface area contributed by atoms with E-state index in [-0.39, 0.29) is 22.3 Å². The summed E-state index contributed by atoms with van der Waals surface area (Å²) >= 11 is 1.13. The largest absolute Gasteiger partial charge is 0.390 e. The number of hydrogen-bond donors (Lipinski definition) is 3. The predicted molar refractivity (Wildman–Crippen MR) is 111 cm³/mol. The van der Waals surface area contributed by atoms with Crippen LogP contribution in [0, 0.1) is 12.7 Å². The summed E-state index contributed by atoms with van der Waals surface area (Å²) in [5.41, 5.74) is 1.92. The van der Waals surface area contributed by atoms with Crippen molar-refractivity contribution in [3.8, 4) is 0 Å². The molecule has 0 aliphatic heterocycles. The average Bonchev–Trinajstić information content (AvgIpc) is 3.17. The van der Waals surface area contributed by atoms with Gasteiger partial charge in [-0.3, -0.25) is 4.99 Å². The normalized spacial score (nSPS) is 13.4. The van der Waals surface area contributed by atoms with Crippen molar-refractivity contribution < 1.29 is 17.9 Å². The first-order valence-corrected chi connectivity index (χ1v) is 11.6. The van der Waals surface area contributed by atoms with E-state index in [1.54, 1.807) is 17.5 Å². The van der Waals surface area contributed by atoms with Gasteiger partial charge in [-0.25, -0.2) is 12.8 Å². The minimum Gasteiger partial charge on any atom is -0.390 e. The van der Waals surface area contributed by atoms with Crippen molar-refractivity contribution in [2.45, 2.75) is 30.6 Å². The predicted octanol–water partition coefficient (Wildman–Crippen LogP) is 2.13. The van der Waals surface area contributed by atoms with E-state index in [9.17, 15) is 17.9 Å². The minimum absolute atomic E-state index is 0.0322. The van der Waals surface area contributed by atoms with Crippen molar-refractivity contribution in [2.24, 2.45) is 4.99 Å². The molecule has 2 aromatic rings. The highest BCUT2D eigenvalue weighted by Gasteiger charge is 2.20. The number of aliphatic imine (C=N–C) groups is 1. The second kappa shape index (κ2) is 10.5. The second-order valence-corrected chi connectivity index (χ2v) is 9.54. The van der Waals surface area contributed by atoms with Crippen LogP contribution in [0.4, 0.5) is 4.39 Å². The van der Waals surface area contributed by atoms with Crippen molar-refractivity contribution in [1.29, 1.82) is 0 Å². The molecule has 0 spiro atoms. The summed E-state index contributed by atoms with van der Waals surface area (Å²) in [4.78, 5) is 4.27. The molecule has 6 nitrogen and oxygen atoms in total. The van der Waals surface area contributed by atoms with Gasteiger partial charge in [0.15, 0.2) is 15.8 Å². The Morgan fingerprint density at radius 2 is 2.11 bits per heavy atom. The van der Waals surface area contributed by atoms with Crippen LogP contribution in [0.5, 0.6) is 0 Å². The Kier molecular flexibility index (Phi) is 8.40. The molecule has 1 heterocycles. The molecular formula is C19H26FN3O3S2. The molecule has 1 aromatic carbocycles. The number of nitrogens with zero attached hydrogens (tertiary/aromatic N) is 1. The third-order valence-corrected chi connectivity index (χ3v) is 7.29. The lowest BCUT2D eigenvalue weighted by molar-refractivity contribution is 0.206. The van der Waals surface area contributed by atoms with Gasteiger partial charge >= 0.3 is 0 Å². The van der Waals surface area contributed by atoms with E-state index in [2.05, 4.69) is 15.6 Å². The highest BCUT2D eigenvalue weighted by molar-refractivity contribution is 7.93. The van der Waals surface area contributed by atoms with Gasteiger partial charge in [-0.15, -0.1) is 11.3 Å². The lowest BCUT2D eigenvalue weighted by Gasteiger charge is -2.14. The molecule has 2 rings (SSSR count).